The summed E-state index contributed by atoms with van der Waals surface area (Å²) in [6, 6.07) is 0. The highest BCUT2D eigenvalue weighted by Crippen LogP contribution is 2.11. The van der Waals surface area contributed by atoms with Crippen molar-refractivity contribution in [2.75, 3.05) is 0 Å². The summed E-state index contributed by atoms with van der Waals surface area (Å²) < 4.78 is 5.05. The number of thiazole rings is 1. The van der Waals surface area contributed by atoms with Crippen molar-refractivity contribution in [2.45, 2.75) is 19.8 Å². The van der Waals surface area contributed by atoms with E-state index in [1.54, 1.807) is 16.8 Å². The third-order valence-electron chi connectivity index (χ3n) is 1.64. The van der Waals surface area contributed by atoms with Gasteiger partial charge in [0.05, 0.1) is 11.9 Å². The molecule has 2 rings (SSSR count). The van der Waals surface area contributed by atoms with Gasteiger partial charge in [-0.15, -0.1) is 11.3 Å². The summed E-state index contributed by atoms with van der Waals surface area (Å²) in [5, 5.41) is 3.81. The van der Waals surface area contributed by atoms with Gasteiger partial charge in [-0.1, -0.05) is 12.1 Å². The summed E-state index contributed by atoms with van der Waals surface area (Å²) in [6.07, 6.45) is 3.32. The van der Waals surface area contributed by atoms with Crippen LogP contribution in [-0.2, 0) is 12.8 Å². The van der Waals surface area contributed by atoms with Gasteiger partial charge in [0, 0.05) is 17.5 Å². The van der Waals surface area contributed by atoms with Crippen molar-refractivity contribution in [3.8, 4) is 0 Å². The Labute approximate surface area is 79.6 Å². The lowest BCUT2D eigenvalue weighted by molar-refractivity contribution is 0.380. The van der Waals surface area contributed by atoms with E-state index in [4.69, 9.17) is 4.52 Å². The first-order chi connectivity index (χ1) is 6.38. The van der Waals surface area contributed by atoms with Gasteiger partial charge in [-0.2, -0.15) is 4.98 Å². The Morgan fingerprint density at radius 2 is 2.46 bits per heavy atom. The molecule has 0 aromatic carbocycles. The van der Waals surface area contributed by atoms with E-state index < -0.39 is 0 Å². The smallest absolute Gasteiger partial charge is 0.231 e. The van der Waals surface area contributed by atoms with Crippen LogP contribution in [0.5, 0.6) is 0 Å². The summed E-state index contributed by atoms with van der Waals surface area (Å²) in [6.45, 7) is 2.00. The number of hydrogen-bond donors (Lipinski definition) is 0. The van der Waals surface area contributed by atoms with Crippen molar-refractivity contribution in [1.82, 2.24) is 15.1 Å². The molecular weight excluding hydrogens is 186 g/mol. The molecule has 0 aliphatic rings. The molecule has 68 valence electrons. The molecule has 0 spiro atoms. The van der Waals surface area contributed by atoms with Crippen molar-refractivity contribution in [2.24, 2.45) is 0 Å². The molecule has 0 fully saturated rings. The van der Waals surface area contributed by atoms with E-state index in [0.717, 1.165) is 17.1 Å². The topological polar surface area (TPSA) is 51.8 Å². The summed E-state index contributed by atoms with van der Waals surface area (Å²) in [5.74, 6) is 1.43. The van der Waals surface area contributed by atoms with E-state index in [2.05, 4.69) is 15.1 Å². The van der Waals surface area contributed by atoms with Crippen LogP contribution < -0.4 is 0 Å². The monoisotopic (exact) mass is 195 g/mol. The minimum absolute atomic E-state index is 0.668. The molecule has 0 atom stereocenters. The van der Waals surface area contributed by atoms with Crippen LogP contribution in [0.1, 0.15) is 23.5 Å². The predicted molar refractivity (Wildman–Crippen MR) is 48.6 cm³/mol. The molecule has 0 amide bonds. The SMILES string of the molecule is CCc1noc(Cc2cncs2)n1. The first kappa shape index (κ1) is 8.37. The highest BCUT2D eigenvalue weighted by atomic mass is 32.1. The van der Waals surface area contributed by atoms with Crippen LogP contribution >= 0.6 is 11.3 Å². The molecule has 0 bridgehead atoms. The lowest BCUT2D eigenvalue weighted by Gasteiger charge is -1.86. The summed E-state index contributed by atoms with van der Waals surface area (Å²) in [7, 11) is 0. The number of aryl methyl sites for hydroxylation is 1. The number of hydrogen-bond acceptors (Lipinski definition) is 5. The maximum Gasteiger partial charge on any atom is 0.231 e. The molecule has 2 aromatic heterocycles. The Kier molecular flexibility index (Phi) is 2.35. The van der Waals surface area contributed by atoms with E-state index >= 15 is 0 Å². The second kappa shape index (κ2) is 3.66. The molecule has 2 heterocycles. The van der Waals surface area contributed by atoms with Crippen LogP contribution in [0.2, 0.25) is 0 Å². The second-order valence-electron chi connectivity index (χ2n) is 2.60. The lowest BCUT2D eigenvalue weighted by Crippen LogP contribution is -1.86. The Hall–Kier alpha value is -1.23. The first-order valence-corrected chi connectivity index (χ1v) is 4.95. The van der Waals surface area contributed by atoms with Gasteiger partial charge >= 0.3 is 0 Å². The van der Waals surface area contributed by atoms with Crippen molar-refractivity contribution < 1.29 is 4.52 Å². The van der Waals surface area contributed by atoms with E-state index in [9.17, 15) is 0 Å². The zero-order valence-electron chi connectivity index (χ0n) is 7.23. The Morgan fingerprint density at radius 3 is 3.08 bits per heavy atom. The van der Waals surface area contributed by atoms with E-state index in [1.165, 1.54) is 0 Å². The van der Waals surface area contributed by atoms with Crippen LogP contribution in [0.4, 0.5) is 0 Å². The van der Waals surface area contributed by atoms with Crippen LogP contribution in [-0.4, -0.2) is 15.1 Å². The third-order valence-corrected chi connectivity index (χ3v) is 2.41. The maximum atomic E-state index is 5.05. The Bertz CT molecular complexity index is 368. The summed E-state index contributed by atoms with van der Waals surface area (Å²) in [4.78, 5) is 9.32. The van der Waals surface area contributed by atoms with E-state index in [0.29, 0.717) is 12.3 Å². The Morgan fingerprint density at radius 1 is 1.54 bits per heavy atom. The third kappa shape index (κ3) is 1.92. The van der Waals surface area contributed by atoms with Gasteiger partial charge in [0.15, 0.2) is 5.82 Å². The van der Waals surface area contributed by atoms with Crippen molar-refractivity contribution >= 4 is 11.3 Å². The van der Waals surface area contributed by atoms with Crippen LogP contribution in [0.25, 0.3) is 0 Å². The van der Waals surface area contributed by atoms with Gasteiger partial charge in [-0.3, -0.25) is 4.98 Å². The van der Waals surface area contributed by atoms with Crippen LogP contribution in [0, 0.1) is 0 Å². The minimum atomic E-state index is 0.668. The van der Waals surface area contributed by atoms with E-state index in [-0.39, 0.29) is 0 Å². The van der Waals surface area contributed by atoms with Gasteiger partial charge < -0.3 is 4.52 Å². The highest BCUT2D eigenvalue weighted by molar-refractivity contribution is 7.09. The van der Waals surface area contributed by atoms with Crippen molar-refractivity contribution in [1.29, 1.82) is 0 Å². The molecule has 0 radical (unpaired) electrons. The molecule has 0 aliphatic carbocycles. The fourth-order valence-corrected chi connectivity index (χ4v) is 1.57. The average Bonchev–Trinajstić information content (AvgIpc) is 2.76. The predicted octanol–water partition coefficient (Wildman–Crippen LogP) is 1.68. The van der Waals surface area contributed by atoms with Crippen molar-refractivity contribution in [3.05, 3.63) is 28.3 Å². The van der Waals surface area contributed by atoms with Gasteiger partial charge in [-0.05, 0) is 0 Å². The number of rotatable bonds is 3. The molecule has 4 nitrogen and oxygen atoms in total. The maximum absolute atomic E-state index is 5.05. The largest absolute Gasteiger partial charge is 0.339 e. The van der Waals surface area contributed by atoms with E-state index in [1.807, 2.05) is 13.1 Å². The first-order valence-electron chi connectivity index (χ1n) is 4.07. The van der Waals surface area contributed by atoms with Gasteiger partial charge in [0.2, 0.25) is 5.89 Å². The quantitative estimate of drug-likeness (QED) is 0.747. The summed E-state index contributed by atoms with van der Waals surface area (Å²) in [5.41, 5.74) is 1.80. The average molecular weight is 195 g/mol. The van der Waals surface area contributed by atoms with Crippen LogP contribution in [0.15, 0.2) is 16.2 Å². The molecule has 0 aliphatic heterocycles. The zero-order valence-corrected chi connectivity index (χ0v) is 8.04. The van der Waals surface area contributed by atoms with Crippen LogP contribution in [0.3, 0.4) is 0 Å². The minimum Gasteiger partial charge on any atom is -0.339 e. The molecule has 0 saturated heterocycles. The molecule has 0 saturated carbocycles. The number of nitrogens with zero attached hydrogens (tertiary/aromatic N) is 3. The summed E-state index contributed by atoms with van der Waals surface area (Å²) >= 11 is 1.60. The Balaban J connectivity index is 2.10. The second-order valence-corrected chi connectivity index (χ2v) is 3.57. The van der Waals surface area contributed by atoms with Gasteiger partial charge in [0.25, 0.3) is 0 Å². The molecule has 2 aromatic rings. The molecule has 0 unspecified atom stereocenters. The zero-order chi connectivity index (χ0) is 9.10. The molecule has 0 N–H and O–H groups in total. The number of aromatic nitrogens is 3. The fourth-order valence-electron chi connectivity index (χ4n) is 0.984. The normalized spacial score (nSPS) is 10.5. The molecular formula is C8H9N3OS. The standard InChI is InChI=1S/C8H9N3OS/c1-2-7-10-8(12-11-7)3-6-4-9-5-13-6/h4-5H,2-3H2,1H3. The molecule has 5 heteroatoms. The lowest BCUT2D eigenvalue weighted by atomic mass is 10.4. The molecule has 13 heavy (non-hydrogen) atoms. The van der Waals surface area contributed by atoms with Crippen molar-refractivity contribution in [3.63, 3.8) is 0 Å². The van der Waals surface area contributed by atoms with Gasteiger partial charge in [-0.25, -0.2) is 0 Å². The van der Waals surface area contributed by atoms with Gasteiger partial charge in [0.1, 0.15) is 0 Å². The fraction of sp³-hybridized carbons (Fsp3) is 0.375. The highest BCUT2D eigenvalue weighted by Gasteiger charge is 2.05.